The van der Waals surface area contributed by atoms with Gasteiger partial charge in [-0.25, -0.2) is 4.98 Å². The number of carbonyl (C=O) groups excluding carboxylic acids is 3. The molecule has 184 valence electrons. The van der Waals surface area contributed by atoms with Crippen molar-refractivity contribution in [3.8, 4) is 11.8 Å². The first-order valence-corrected chi connectivity index (χ1v) is 11.5. The van der Waals surface area contributed by atoms with Gasteiger partial charge in [0.15, 0.2) is 6.10 Å². The molecule has 2 unspecified atom stereocenters. The molecule has 0 spiro atoms. The van der Waals surface area contributed by atoms with E-state index in [-0.39, 0.29) is 41.5 Å². The number of fused-ring (bicyclic) bond motifs is 1. The predicted molar refractivity (Wildman–Crippen MR) is 131 cm³/mol. The average molecular weight is 488 g/mol. The predicted octanol–water partition coefficient (Wildman–Crippen LogP) is 2.60. The number of hydrogen-bond donors (Lipinski definition) is 2. The molecule has 1 aliphatic heterocycles. The van der Waals surface area contributed by atoms with E-state index >= 15 is 0 Å². The van der Waals surface area contributed by atoms with E-state index in [4.69, 9.17) is 4.74 Å². The maximum absolute atomic E-state index is 13.6. The molecule has 10 nitrogen and oxygen atoms in total. The largest absolute Gasteiger partial charge is 0.479 e. The Kier molecular flexibility index (Phi) is 6.83. The van der Waals surface area contributed by atoms with Gasteiger partial charge in [0.1, 0.15) is 23.7 Å². The van der Waals surface area contributed by atoms with Crippen LogP contribution in [0.4, 0.5) is 5.69 Å². The average Bonchev–Trinajstić information content (AvgIpc) is 2.83. The number of anilines is 1. The van der Waals surface area contributed by atoms with Crippen molar-refractivity contribution in [2.75, 3.05) is 5.32 Å². The van der Waals surface area contributed by atoms with Gasteiger partial charge in [0.25, 0.3) is 11.5 Å². The summed E-state index contributed by atoms with van der Waals surface area (Å²) >= 11 is 0. The lowest BCUT2D eigenvalue weighted by atomic mass is 10.0. The standard InChI is InChI=1S/C26H25N5O5/c1-14(2)23(36-20-10-5-4-7-16(20)13-27)25(34)29-18-9-6-8-17-22(18)26(35)31(15(3)28-17)19-11-12-21(32)30-24(19)33/h4-10,14,19,23H,11-12H2,1-3H3,(H,29,34)(H,30,32,33). The second kappa shape index (κ2) is 10.00. The molecule has 3 amide bonds. The summed E-state index contributed by atoms with van der Waals surface area (Å²) in [5.74, 6) is -1.11. The van der Waals surface area contributed by atoms with Crippen LogP contribution < -0.4 is 20.9 Å². The van der Waals surface area contributed by atoms with Crippen molar-refractivity contribution in [2.24, 2.45) is 5.92 Å². The number of benzene rings is 2. The van der Waals surface area contributed by atoms with Crippen LogP contribution in [0.5, 0.6) is 5.75 Å². The van der Waals surface area contributed by atoms with Gasteiger partial charge in [-0.3, -0.25) is 29.1 Å². The Morgan fingerprint density at radius 1 is 1.19 bits per heavy atom. The zero-order valence-corrected chi connectivity index (χ0v) is 20.1. The number of hydrogen-bond acceptors (Lipinski definition) is 7. The second-order valence-electron chi connectivity index (χ2n) is 8.88. The normalized spacial score (nSPS) is 16.4. The van der Waals surface area contributed by atoms with Crippen molar-refractivity contribution in [3.05, 3.63) is 64.2 Å². The fourth-order valence-electron chi connectivity index (χ4n) is 4.25. The number of imide groups is 1. The van der Waals surface area contributed by atoms with E-state index in [9.17, 15) is 24.4 Å². The van der Waals surface area contributed by atoms with Crippen molar-refractivity contribution in [2.45, 2.75) is 45.8 Å². The SMILES string of the molecule is Cc1nc2cccc(NC(=O)C(Oc3ccccc3C#N)C(C)C)c2c(=O)n1C1CCC(=O)NC1=O. The molecule has 0 radical (unpaired) electrons. The van der Waals surface area contributed by atoms with Crippen LogP contribution in [-0.4, -0.2) is 33.4 Å². The lowest BCUT2D eigenvalue weighted by Crippen LogP contribution is -2.45. The van der Waals surface area contributed by atoms with Crippen LogP contribution in [-0.2, 0) is 14.4 Å². The molecule has 0 saturated carbocycles. The number of para-hydroxylation sites is 1. The molecule has 4 rings (SSSR count). The smallest absolute Gasteiger partial charge is 0.265 e. The minimum atomic E-state index is -0.953. The molecule has 3 aromatic rings. The van der Waals surface area contributed by atoms with E-state index in [0.29, 0.717) is 16.9 Å². The van der Waals surface area contributed by atoms with Crippen molar-refractivity contribution < 1.29 is 19.1 Å². The molecule has 2 atom stereocenters. The highest BCUT2D eigenvalue weighted by Crippen LogP contribution is 2.25. The molecule has 1 aliphatic rings. The molecule has 0 aliphatic carbocycles. The quantitative estimate of drug-likeness (QED) is 0.509. The number of nitrogens with zero attached hydrogens (tertiary/aromatic N) is 3. The van der Waals surface area contributed by atoms with E-state index < -0.39 is 29.5 Å². The Morgan fingerprint density at radius 3 is 2.64 bits per heavy atom. The zero-order chi connectivity index (χ0) is 26.0. The molecule has 36 heavy (non-hydrogen) atoms. The maximum Gasteiger partial charge on any atom is 0.265 e. The Hall–Kier alpha value is -4.52. The van der Waals surface area contributed by atoms with Gasteiger partial charge in [-0.2, -0.15) is 5.26 Å². The highest BCUT2D eigenvalue weighted by Gasteiger charge is 2.31. The van der Waals surface area contributed by atoms with Crippen LogP contribution in [0.2, 0.25) is 0 Å². The number of aryl methyl sites for hydroxylation is 1. The van der Waals surface area contributed by atoms with Gasteiger partial charge in [0, 0.05) is 6.42 Å². The molecular formula is C26H25N5O5. The Labute approximate surface area is 206 Å². The summed E-state index contributed by atoms with van der Waals surface area (Å²) in [4.78, 5) is 55.4. The molecule has 1 fully saturated rings. The summed E-state index contributed by atoms with van der Waals surface area (Å²) in [6.45, 7) is 5.23. The van der Waals surface area contributed by atoms with Gasteiger partial charge < -0.3 is 10.1 Å². The Morgan fingerprint density at radius 2 is 1.94 bits per heavy atom. The number of aromatic nitrogens is 2. The summed E-state index contributed by atoms with van der Waals surface area (Å²) in [6.07, 6.45) is -0.671. The third kappa shape index (κ3) is 4.68. The minimum Gasteiger partial charge on any atom is -0.479 e. The molecular weight excluding hydrogens is 462 g/mol. The van der Waals surface area contributed by atoms with E-state index in [1.54, 1.807) is 49.4 Å². The maximum atomic E-state index is 13.6. The minimum absolute atomic E-state index is 0.107. The third-order valence-corrected chi connectivity index (χ3v) is 6.01. The van der Waals surface area contributed by atoms with Crippen LogP contribution in [0, 0.1) is 24.2 Å². The van der Waals surface area contributed by atoms with Crippen molar-refractivity contribution in [1.82, 2.24) is 14.9 Å². The van der Waals surface area contributed by atoms with Gasteiger partial charge in [0.2, 0.25) is 11.8 Å². The molecule has 0 bridgehead atoms. The van der Waals surface area contributed by atoms with E-state index in [1.807, 2.05) is 19.9 Å². The van der Waals surface area contributed by atoms with E-state index in [2.05, 4.69) is 15.6 Å². The first-order valence-electron chi connectivity index (χ1n) is 11.5. The summed E-state index contributed by atoms with van der Waals surface area (Å²) in [6, 6.07) is 12.7. The fraction of sp³-hybridized carbons (Fsp3) is 0.308. The summed E-state index contributed by atoms with van der Waals surface area (Å²) < 4.78 is 7.18. The van der Waals surface area contributed by atoms with Crippen molar-refractivity contribution in [1.29, 1.82) is 5.26 Å². The number of ether oxygens (including phenoxy) is 1. The van der Waals surface area contributed by atoms with Gasteiger partial charge >= 0.3 is 0 Å². The van der Waals surface area contributed by atoms with Crippen molar-refractivity contribution in [3.63, 3.8) is 0 Å². The molecule has 1 aromatic heterocycles. The van der Waals surface area contributed by atoms with Crippen LogP contribution in [0.1, 0.15) is 44.1 Å². The molecule has 2 aromatic carbocycles. The lowest BCUT2D eigenvalue weighted by molar-refractivity contribution is -0.135. The Bertz CT molecular complexity index is 1470. The van der Waals surface area contributed by atoms with Crippen molar-refractivity contribution >= 4 is 34.3 Å². The molecule has 1 saturated heterocycles. The number of amides is 3. The van der Waals surface area contributed by atoms with Gasteiger partial charge in [-0.15, -0.1) is 0 Å². The highest BCUT2D eigenvalue weighted by molar-refractivity contribution is 6.03. The summed E-state index contributed by atoms with van der Waals surface area (Å²) in [5, 5.41) is 14.5. The van der Waals surface area contributed by atoms with Crippen LogP contribution in [0.3, 0.4) is 0 Å². The molecule has 2 N–H and O–H groups in total. The second-order valence-corrected chi connectivity index (χ2v) is 8.88. The number of rotatable bonds is 6. The van der Waals surface area contributed by atoms with Gasteiger partial charge in [-0.1, -0.05) is 32.0 Å². The number of piperidine rings is 1. The highest BCUT2D eigenvalue weighted by atomic mass is 16.5. The molecule has 2 heterocycles. The third-order valence-electron chi connectivity index (χ3n) is 6.01. The van der Waals surface area contributed by atoms with Gasteiger partial charge in [0.05, 0.1) is 22.2 Å². The lowest BCUT2D eigenvalue weighted by Gasteiger charge is -2.25. The van der Waals surface area contributed by atoms with Crippen LogP contribution in [0.15, 0.2) is 47.3 Å². The fourth-order valence-corrected chi connectivity index (χ4v) is 4.25. The zero-order valence-electron chi connectivity index (χ0n) is 20.1. The first-order chi connectivity index (χ1) is 17.2. The number of carbonyl (C=O) groups is 3. The number of nitrogens with one attached hydrogen (secondary N) is 2. The topological polar surface area (TPSA) is 143 Å². The van der Waals surface area contributed by atoms with Crippen LogP contribution in [0.25, 0.3) is 10.9 Å². The van der Waals surface area contributed by atoms with Crippen LogP contribution >= 0.6 is 0 Å². The first kappa shape index (κ1) is 24.6. The summed E-state index contributed by atoms with van der Waals surface area (Å²) in [5.41, 5.74) is 0.377. The van der Waals surface area contributed by atoms with E-state index in [1.165, 1.54) is 4.57 Å². The monoisotopic (exact) mass is 487 g/mol. The summed E-state index contributed by atoms with van der Waals surface area (Å²) in [7, 11) is 0. The number of nitriles is 1. The Balaban J connectivity index is 1.72. The molecule has 10 heteroatoms. The van der Waals surface area contributed by atoms with E-state index in [0.717, 1.165) is 0 Å². The van der Waals surface area contributed by atoms with Gasteiger partial charge in [-0.05, 0) is 43.5 Å².